The number of nitrogens with one attached hydrogen (secondary N) is 1. The van der Waals surface area contributed by atoms with Crippen LogP contribution >= 0.6 is 0 Å². The lowest BCUT2D eigenvalue weighted by Crippen LogP contribution is -2.55. The van der Waals surface area contributed by atoms with Crippen LogP contribution in [0.15, 0.2) is 24.3 Å². The molecule has 1 aromatic carbocycles. The van der Waals surface area contributed by atoms with Crippen LogP contribution in [0, 0.1) is 6.92 Å². The highest BCUT2D eigenvalue weighted by atomic mass is 16.1. The van der Waals surface area contributed by atoms with Crippen LogP contribution in [-0.2, 0) is 4.79 Å². The van der Waals surface area contributed by atoms with E-state index in [1.54, 1.807) is 0 Å². The molecule has 0 saturated heterocycles. The number of nitrogens with two attached hydrogens (primary N) is 1. The minimum Gasteiger partial charge on any atom is -0.371 e. The van der Waals surface area contributed by atoms with E-state index in [0.717, 1.165) is 24.9 Å². The molecule has 0 bridgehead atoms. The van der Waals surface area contributed by atoms with Gasteiger partial charge in [0.1, 0.15) is 5.54 Å². The fourth-order valence-corrected chi connectivity index (χ4v) is 1.96. The summed E-state index contributed by atoms with van der Waals surface area (Å²) in [5.41, 5.74) is 7.08. The van der Waals surface area contributed by atoms with Gasteiger partial charge in [-0.25, -0.2) is 0 Å². The summed E-state index contributed by atoms with van der Waals surface area (Å²) in [7, 11) is 0. The van der Waals surface area contributed by atoms with E-state index in [1.807, 2.05) is 31.2 Å². The van der Waals surface area contributed by atoms with Crippen LogP contribution < -0.4 is 11.1 Å². The Labute approximate surface area is 89.7 Å². The number of amides is 1. The van der Waals surface area contributed by atoms with E-state index in [-0.39, 0.29) is 5.91 Å². The molecule has 1 aromatic rings. The summed E-state index contributed by atoms with van der Waals surface area (Å²) < 4.78 is 0. The van der Waals surface area contributed by atoms with Crippen molar-refractivity contribution in [1.82, 2.24) is 0 Å². The maximum Gasteiger partial charge on any atom is 0.243 e. The average Bonchev–Trinajstić information content (AvgIpc) is 2.11. The molecule has 1 fully saturated rings. The molecule has 0 radical (unpaired) electrons. The first kappa shape index (κ1) is 10.0. The molecule has 0 unspecified atom stereocenters. The smallest absolute Gasteiger partial charge is 0.243 e. The first-order valence-electron chi connectivity index (χ1n) is 5.27. The first-order valence-corrected chi connectivity index (χ1v) is 5.27. The molecule has 3 nitrogen and oxygen atoms in total. The topological polar surface area (TPSA) is 55.1 Å². The predicted octanol–water partition coefficient (Wildman–Crippen LogP) is 1.81. The number of anilines is 1. The average molecular weight is 204 g/mol. The molecule has 0 aliphatic heterocycles. The monoisotopic (exact) mass is 204 g/mol. The molecule has 3 N–H and O–H groups in total. The summed E-state index contributed by atoms with van der Waals surface area (Å²) in [4.78, 5) is 11.4. The Balaban J connectivity index is 2.17. The number of hydrogen-bond donors (Lipinski definition) is 2. The molecule has 1 aliphatic carbocycles. The highest BCUT2D eigenvalue weighted by molar-refractivity contribution is 5.89. The lowest BCUT2D eigenvalue weighted by Gasteiger charge is -2.40. The maximum atomic E-state index is 11.4. The van der Waals surface area contributed by atoms with Gasteiger partial charge in [0.2, 0.25) is 5.91 Å². The Bertz CT molecular complexity index is 383. The minimum absolute atomic E-state index is 0.241. The molecule has 1 saturated carbocycles. The van der Waals surface area contributed by atoms with Crippen LogP contribution in [0.4, 0.5) is 5.69 Å². The number of rotatable bonds is 3. The van der Waals surface area contributed by atoms with Crippen LogP contribution in [0.3, 0.4) is 0 Å². The van der Waals surface area contributed by atoms with Crippen molar-refractivity contribution in [1.29, 1.82) is 0 Å². The number of carbonyl (C=O) groups is 1. The zero-order valence-corrected chi connectivity index (χ0v) is 8.92. The van der Waals surface area contributed by atoms with Crippen molar-refractivity contribution in [3.63, 3.8) is 0 Å². The Hall–Kier alpha value is -1.51. The van der Waals surface area contributed by atoms with Crippen molar-refractivity contribution in [2.24, 2.45) is 5.73 Å². The number of benzene rings is 1. The Kier molecular flexibility index (Phi) is 2.39. The first-order chi connectivity index (χ1) is 7.12. The van der Waals surface area contributed by atoms with Gasteiger partial charge in [0.05, 0.1) is 0 Å². The molecule has 3 heteroatoms. The standard InChI is InChI=1S/C12H16N2O/c1-9-4-2-5-10(8-9)14-12(11(13)15)6-3-7-12/h2,4-5,8,14H,3,6-7H2,1H3,(H2,13,15). The Morgan fingerprint density at radius 1 is 1.47 bits per heavy atom. The van der Waals surface area contributed by atoms with Crippen molar-refractivity contribution in [2.45, 2.75) is 31.7 Å². The van der Waals surface area contributed by atoms with Crippen molar-refractivity contribution in [2.75, 3.05) is 5.32 Å². The van der Waals surface area contributed by atoms with Gasteiger partial charge in [-0.3, -0.25) is 4.79 Å². The summed E-state index contributed by atoms with van der Waals surface area (Å²) in [5, 5.41) is 3.26. The van der Waals surface area contributed by atoms with Crippen molar-refractivity contribution >= 4 is 11.6 Å². The van der Waals surface area contributed by atoms with Gasteiger partial charge in [-0.05, 0) is 43.9 Å². The highest BCUT2D eigenvalue weighted by Crippen LogP contribution is 2.35. The third-order valence-corrected chi connectivity index (χ3v) is 3.08. The largest absolute Gasteiger partial charge is 0.371 e. The van der Waals surface area contributed by atoms with Gasteiger partial charge in [0.25, 0.3) is 0 Å². The Morgan fingerprint density at radius 3 is 2.67 bits per heavy atom. The summed E-state index contributed by atoms with van der Waals surface area (Å²) >= 11 is 0. The Morgan fingerprint density at radius 2 is 2.20 bits per heavy atom. The molecule has 80 valence electrons. The number of hydrogen-bond acceptors (Lipinski definition) is 2. The van der Waals surface area contributed by atoms with E-state index in [2.05, 4.69) is 5.32 Å². The predicted molar refractivity (Wildman–Crippen MR) is 60.6 cm³/mol. The van der Waals surface area contributed by atoms with Gasteiger partial charge in [-0.15, -0.1) is 0 Å². The quantitative estimate of drug-likeness (QED) is 0.789. The fraction of sp³-hybridized carbons (Fsp3) is 0.417. The molecular weight excluding hydrogens is 188 g/mol. The second kappa shape index (κ2) is 3.57. The number of primary amides is 1. The van der Waals surface area contributed by atoms with E-state index in [0.29, 0.717) is 0 Å². The normalized spacial score (nSPS) is 17.9. The molecule has 0 spiro atoms. The van der Waals surface area contributed by atoms with Crippen LogP contribution in [0.2, 0.25) is 0 Å². The highest BCUT2D eigenvalue weighted by Gasteiger charge is 2.42. The summed E-state index contributed by atoms with van der Waals surface area (Å²) in [6, 6.07) is 8.01. The van der Waals surface area contributed by atoms with Crippen LogP contribution in [0.5, 0.6) is 0 Å². The van der Waals surface area contributed by atoms with E-state index >= 15 is 0 Å². The molecule has 0 aromatic heterocycles. The van der Waals surface area contributed by atoms with Crippen LogP contribution in [0.1, 0.15) is 24.8 Å². The van der Waals surface area contributed by atoms with Gasteiger partial charge >= 0.3 is 0 Å². The minimum atomic E-state index is -0.492. The third-order valence-electron chi connectivity index (χ3n) is 3.08. The van der Waals surface area contributed by atoms with Gasteiger partial charge < -0.3 is 11.1 Å². The molecule has 1 amide bonds. The number of aryl methyl sites for hydroxylation is 1. The van der Waals surface area contributed by atoms with Gasteiger partial charge in [-0.1, -0.05) is 12.1 Å². The second-order valence-corrected chi connectivity index (χ2v) is 4.29. The van der Waals surface area contributed by atoms with E-state index in [9.17, 15) is 4.79 Å². The molecule has 1 aliphatic rings. The third kappa shape index (κ3) is 1.82. The molecule has 2 rings (SSSR count). The summed E-state index contributed by atoms with van der Waals surface area (Å²) in [5.74, 6) is -0.241. The van der Waals surface area contributed by atoms with Crippen LogP contribution in [-0.4, -0.2) is 11.4 Å². The van der Waals surface area contributed by atoms with E-state index < -0.39 is 5.54 Å². The second-order valence-electron chi connectivity index (χ2n) is 4.29. The summed E-state index contributed by atoms with van der Waals surface area (Å²) in [6.45, 7) is 2.03. The zero-order chi connectivity index (χ0) is 10.9. The molecule has 0 atom stereocenters. The van der Waals surface area contributed by atoms with Crippen molar-refractivity contribution < 1.29 is 4.79 Å². The fourth-order valence-electron chi connectivity index (χ4n) is 1.96. The van der Waals surface area contributed by atoms with Crippen molar-refractivity contribution in [3.05, 3.63) is 29.8 Å². The SMILES string of the molecule is Cc1cccc(NC2(C(N)=O)CCC2)c1. The zero-order valence-electron chi connectivity index (χ0n) is 8.92. The van der Waals surface area contributed by atoms with Gasteiger partial charge in [0, 0.05) is 5.69 Å². The molecule has 15 heavy (non-hydrogen) atoms. The van der Waals surface area contributed by atoms with E-state index in [4.69, 9.17) is 5.73 Å². The number of carbonyl (C=O) groups excluding carboxylic acids is 1. The summed E-state index contributed by atoms with van der Waals surface area (Å²) in [6.07, 6.45) is 2.76. The van der Waals surface area contributed by atoms with Crippen LogP contribution in [0.25, 0.3) is 0 Å². The van der Waals surface area contributed by atoms with Gasteiger partial charge in [0.15, 0.2) is 0 Å². The van der Waals surface area contributed by atoms with Gasteiger partial charge in [-0.2, -0.15) is 0 Å². The maximum absolute atomic E-state index is 11.4. The molecule has 0 heterocycles. The lowest BCUT2D eigenvalue weighted by atomic mass is 9.76. The van der Waals surface area contributed by atoms with E-state index in [1.165, 1.54) is 5.56 Å². The van der Waals surface area contributed by atoms with Crippen molar-refractivity contribution in [3.8, 4) is 0 Å². The molecular formula is C12H16N2O. The lowest BCUT2D eigenvalue weighted by molar-refractivity contribution is -0.124.